The number of nitrogens with one attached hydrogen (secondary N) is 2. The number of para-hydroxylation sites is 1. The molecule has 1 amide bonds. The summed E-state index contributed by atoms with van der Waals surface area (Å²) in [5.74, 6) is 0.350. The smallest absolute Gasteiger partial charge is 0.225 e. The molecule has 1 rings (SSSR count). The van der Waals surface area contributed by atoms with Gasteiger partial charge in [-0.15, -0.1) is 0 Å². The molecule has 18 heavy (non-hydrogen) atoms. The van der Waals surface area contributed by atoms with Gasteiger partial charge in [-0.2, -0.15) is 5.26 Å². The van der Waals surface area contributed by atoms with Gasteiger partial charge in [0.15, 0.2) is 0 Å². The number of benzene rings is 1. The highest BCUT2D eigenvalue weighted by molar-refractivity contribution is 5.94. The average molecular weight is 247 g/mol. The van der Waals surface area contributed by atoms with Gasteiger partial charge in [0.2, 0.25) is 5.91 Å². The Labute approximate surface area is 107 Å². The van der Waals surface area contributed by atoms with E-state index >= 15 is 0 Å². The molecule has 0 bridgehead atoms. The fourth-order valence-electron chi connectivity index (χ4n) is 1.50. The molecule has 0 spiro atoms. The van der Waals surface area contributed by atoms with Crippen molar-refractivity contribution in [1.82, 2.24) is 5.32 Å². The SMILES string of the molecule is CCNCCC(=O)Nc1c(C#N)cccc1OC. The van der Waals surface area contributed by atoms with Crippen molar-refractivity contribution in [1.29, 1.82) is 5.26 Å². The number of amides is 1. The van der Waals surface area contributed by atoms with Crippen molar-refractivity contribution < 1.29 is 9.53 Å². The van der Waals surface area contributed by atoms with Crippen LogP contribution in [-0.4, -0.2) is 26.1 Å². The summed E-state index contributed by atoms with van der Waals surface area (Å²) < 4.78 is 5.13. The number of hydrogen-bond acceptors (Lipinski definition) is 4. The van der Waals surface area contributed by atoms with E-state index < -0.39 is 0 Å². The molecular weight excluding hydrogens is 230 g/mol. The first-order valence-corrected chi connectivity index (χ1v) is 5.80. The van der Waals surface area contributed by atoms with Crippen LogP contribution in [0.1, 0.15) is 18.9 Å². The standard InChI is InChI=1S/C13H17N3O2/c1-3-15-8-7-12(17)16-13-10(9-14)5-4-6-11(13)18-2/h4-6,15H,3,7-8H2,1-2H3,(H,16,17). The van der Waals surface area contributed by atoms with Gasteiger partial charge in [-0.25, -0.2) is 0 Å². The maximum Gasteiger partial charge on any atom is 0.225 e. The van der Waals surface area contributed by atoms with E-state index in [0.29, 0.717) is 30.0 Å². The average Bonchev–Trinajstić information content (AvgIpc) is 2.39. The van der Waals surface area contributed by atoms with Crippen molar-refractivity contribution in [2.75, 3.05) is 25.5 Å². The molecule has 0 saturated carbocycles. The number of methoxy groups -OCH3 is 1. The topological polar surface area (TPSA) is 74.2 Å². The maximum absolute atomic E-state index is 11.7. The second-order valence-electron chi connectivity index (χ2n) is 3.65. The summed E-state index contributed by atoms with van der Waals surface area (Å²) in [5, 5.41) is 14.8. The van der Waals surface area contributed by atoms with Gasteiger partial charge < -0.3 is 15.4 Å². The molecule has 96 valence electrons. The lowest BCUT2D eigenvalue weighted by Gasteiger charge is -2.11. The Bertz CT molecular complexity index is 452. The lowest BCUT2D eigenvalue weighted by Crippen LogP contribution is -2.21. The van der Waals surface area contributed by atoms with Gasteiger partial charge in [-0.1, -0.05) is 13.0 Å². The minimum atomic E-state index is -0.142. The maximum atomic E-state index is 11.7. The van der Waals surface area contributed by atoms with Crippen LogP contribution in [0.25, 0.3) is 0 Å². The van der Waals surface area contributed by atoms with Crippen LogP contribution in [-0.2, 0) is 4.79 Å². The van der Waals surface area contributed by atoms with Crippen molar-refractivity contribution in [2.45, 2.75) is 13.3 Å². The number of carbonyl (C=O) groups excluding carboxylic acids is 1. The van der Waals surface area contributed by atoms with Crippen molar-refractivity contribution in [3.05, 3.63) is 23.8 Å². The van der Waals surface area contributed by atoms with E-state index in [0.717, 1.165) is 6.54 Å². The molecule has 5 heteroatoms. The molecule has 0 aliphatic carbocycles. The predicted octanol–water partition coefficient (Wildman–Crippen LogP) is 1.50. The van der Waals surface area contributed by atoms with E-state index in [1.807, 2.05) is 13.0 Å². The summed E-state index contributed by atoms with van der Waals surface area (Å²) in [6, 6.07) is 7.10. The van der Waals surface area contributed by atoms with Crippen LogP contribution >= 0.6 is 0 Å². The van der Waals surface area contributed by atoms with Gasteiger partial charge in [-0.3, -0.25) is 4.79 Å². The minimum Gasteiger partial charge on any atom is -0.495 e. The highest BCUT2D eigenvalue weighted by Gasteiger charge is 2.11. The number of carbonyl (C=O) groups is 1. The summed E-state index contributed by atoms with van der Waals surface area (Å²) in [4.78, 5) is 11.7. The number of rotatable bonds is 6. The number of ether oxygens (including phenoxy) is 1. The molecule has 0 unspecified atom stereocenters. The van der Waals surface area contributed by atoms with E-state index in [1.54, 1.807) is 18.2 Å². The van der Waals surface area contributed by atoms with Gasteiger partial charge >= 0.3 is 0 Å². The van der Waals surface area contributed by atoms with E-state index in [2.05, 4.69) is 10.6 Å². The molecule has 0 saturated heterocycles. The molecular formula is C13H17N3O2. The van der Waals surface area contributed by atoms with E-state index in [1.165, 1.54) is 7.11 Å². The van der Waals surface area contributed by atoms with Crippen molar-refractivity contribution in [2.24, 2.45) is 0 Å². The van der Waals surface area contributed by atoms with Crippen LogP contribution in [0, 0.1) is 11.3 Å². The fraction of sp³-hybridized carbons (Fsp3) is 0.385. The first-order chi connectivity index (χ1) is 8.72. The highest BCUT2D eigenvalue weighted by Crippen LogP contribution is 2.27. The molecule has 0 aliphatic rings. The molecule has 1 aromatic rings. The fourth-order valence-corrected chi connectivity index (χ4v) is 1.50. The monoisotopic (exact) mass is 247 g/mol. The third kappa shape index (κ3) is 3.75. The van der Waals surface area contributed by atoms with Crippen LogP contribution in [0.15, 0.2) is 18.2 Å². The normalized spacial score (nSPS) is 9.61. The molecule has 0 atom stereocenters. The zero-order valence-corrected chi connectivity index (χ0v) is 10.6. The molecule has 0 radical (unpaired) electrons. The molecule has 1 aromatic carbocycles. The molecule has 0 aliphatic heterocycles. The third-order valence-electron chi connectivity index (χ3n) is 2.41. The Morgan fingerprint density at radius 1 is 1.50 bits per heavy atom. The Morgan fingerprint density at radius 2 is 2.28 bits per heavy atom. The Balaban J connectivity index is 2.77. The first kappa shape index (κ1) is 14.0. The third-order valence-corrected chi connectivity index (χ3v) is 2.41. The zero-order valence-electron chi connectivity index (χ0n) is 10.6. The molecule has 0 heterocycles. The molecule has 5 nitrogen and oxygen atoms in total. The summed E-state index contributed by atoms with van der Waals surface area (Å²) in [5.41, 5.74) is 0.829. The van der Waals surface area contributed by atoms with Crippen LogP contribution in [0.3, 0.4) is 0 Å². The Hall–Kier alpha value is -2.06. The van der Waals surface area contributed by atoms with E-state index in [9.17, 15) is 4.79 Å². The molecule has 0 fully saturated rings. The Morgan fingerprint density at radius 3 is 2.89 bits per heavy atom. The summed E-state index contributed by atoms with van der Waals surface area (Å²) >= 11 is 0. The van der Waals surface area contributed by atoms with Crippen molar-refractivity contribution >= 4 is 11.6 Å². The number of nitriles is 1. The highest BCUT2D eigenvalue weighted by atomic mass is 16.5. The second kappa shape index (κ2) is 7.30. The number of nitrogens with zero attached hydrogens (tertiary/aromatic N) is 1. The van der Waals surface area contributed by atoms with Crippen LogP contribution in [0.2, 0.25) is 0 Å². The minimum absolute atomic E-state index is 0.142. The quantitative estimate of drug-likeness (QED) is 0.747. The van der Waals surface area contributed by atoms with E-state index in [4.69, 9.17) is 10.00 Å². The first-order valence-electron chi connectivity index (χ1n) is 5.80. The van der Waals surface area contributed by atoms with Gasteiger partial charge in [0, 0.05) is 13.0 Å². The molecule has 2 N–H and O–H groups in total. The van der Waals surface area contributed by atoms with Crippen LogP contribution in [0.4, 0.5) is 5.69 Å². The predicted molar refractivity (Wildman–Crippen MR) is 69.5 cm³/mol. The van der Waals surface area contributed by atoms with Gasteiger partial charge in [-0.05, 0) is 18.7 Å². The summed E-state index contributed by atoms with van der Waals surface area (Å²) in [7, 11) is 1.50. The van der Waals surface area contributed by atoms with Gasteiger partial charge in [0.1, 0.15) is 17.5 Å². The van der Waals surface area contributed by atoms with Crippen molar-refractivity contribution in [3.63, 3.8) is 0 Å². The van der Waals surface area contributed by atoms with E-state index in [-0.39, 0.29) is 5.91 Å². The zero-order chi connectivity index (χ0) is 13.4. The number of hydrogen-bond donors (Lipinski definition) is 2. The lowest BCUT2D eigenvalue weighted by molar-refractivity contribution is -0.116. The summed E-state index contributed by atoms with van der Waals surface area (Å²) in [6.45, 7) is 3.41. The number of anilines is 1. The van der Waals surface area contributed by atoms with Crippen LogP contribution < -0.4 is 15.4 Å². The van der Waals surface area contributed by atoms with Gasteiger partial charge in [0.05, 0.1) is 12.7 Å². The van der Waals surface area contributed by atoms with Crippen LogP contribution in [0.5, 0.6) is 5.75 Å². The largest absolute Gasteiger partial charge is 0.495 e. The lowest BCUT2D eigenvalue weighted by atomic mass is 10.1. The summed E-state index contributed by atoms with van der Waals surface area (Å²) in [6.07, 6.45) is 0.358. The van der Waals surface area contributed by atoms with Crippen molar-refractivity contribution in [3.8, 4) is 11.8 Å². The van der Waals surface area contributed by atoms with Gasteiger partial charge in [0.25, 0.3) is 0 Å². The second-order valence-corrected chi connectivity index (χ2v) is 3.65. The molecule has 0 aromatic heterocycles. The Kier molecular flexibility index (Phi) is 5.68.